The number of hydrogen-bond donors (Lipinski definition) is 1. The first-order valence-corrected chi connectivity index (χ1v) is 7.36. The molecule has 0 saturated heterocycles. The highest BCUT2D eigenvalue weighted by Gasteiger charge is 2.37. The number of nitrogens with one attached hydrogen (secondary N) is 1. The van der Waals surface area contributed by atoms with Gasteiger partial charge in [-0.3, -0.25) is 0 Å². The van der Waals surface area contributed by atoms with Crippen LogP contribution >= 0.6 is 0 Å². The van der Waals surface area contributed by atoms with Crippen molar-refractivity contribution in [1.82, 2.24) is 5.32 Å². The molecule has 0 spiro atoms. The second-order valence-corrected chi connectivity index (χ2v) is 6.94. The van der Waals surface area contributed by atoms with Crippen LogP contribution in [0.4, 0.5) is 0 Å². The Labute approximate surface area is 117 Å². The highest BCUT2D eigenvalue weighted by atomic mass is 16.5. The van der Waals surface area contributed by atoms with E-state index in [4.69, 9.17) is 4.74 Å². The Morgan fingerprint density at radius 3 is 2.37 bits per heavy atom. The molecule has 0 aromatic heterocycles. The maximum atomic E-state index is 5.95. The van der Waals surface area contributed by atoms with Gasteiger partial charge in [0.2, 0.25) is 0 Å². The van der Waals surface area contributed by atoms with Gasteiger partial charge in [-0.15, -0.1) is 0 Å². The lowest BCUT2D eigenvalue weighted by Crippen LogP contribution is -2.49. The topological polar surface area (TPSA) is 21.3 Å². The molecular formula is C17H27NO. The Hall–Kier alpha value is -0.860. The van der Waals surface area contributed by atoms with Gasteiger partial charge in [0.25, 0.3) is 0 Å². The number of ether oxygens (including phenoxy) is 1. The number of benzene rings is 1. The van der Waals surface area contributed by atoms with Crippen molar-refractivity contribution in [3.8, 4) is 0 Å². The van der Waals surface area contributed by atoms with Crippen LogP contribution in [0.5, 0.6) is 0 Å². The van der Waals surface area contributed by atoms with E-state index in [0.29, 0.717) is 5.41 Å². The van der Waals surface area contributed by atoms with Gasteiger partial charge in [-0.25, -0.2) is 0 Å². The molecule has 106 valence electrons. The molecule has 0 atom stereocenters. The molecule has 0 heterocycles. The van der Waals surface area contributed by atoms with Crippen LogP contribution in [0.15, 0.2) is 30.3 Å². The van der Waals surface area contributed by atoms with Gasteiger partial charge in [-0.05, 0) is 39.2 Å². The van der Waals surface area contributed by atoms with Crippen LogP contribution in [0, 0.1) is 5.41 Å². The van der Waals surface area contributed by atoms with Crippen LogP contribution in [-0.4, -0.2) is 18.7 Å². The highest BCUT2D eigenvalue weighted by molar-refractivity contribution is 5.13. The van der Waals surface area contributed by atoms with Gasteiger partial charge in [0.15, 0.2) is 0 Å². The van der Waals surface area contributed by atoms with E-state index in [2.05, 4.69) is 50.4 Å². The van der Waals surface area contributed by atoms with Gasteiger partial charge in [0, 0.05) is 17.5 Å². The SMILES string of the molecule is CC(C)(C)NCC1(COCc2ccccc2)CCC1. The zero-order chi connectivity index (χ0) is 13.8. The minimum absolute atomic E-state index is 0.196. The van der Waals surface area contributed by atoms with Crippen LogP contribution in [0.25, 0.3) is 0 Å². The lowest BCUT2D eigenvalue weighted by Gasteiger charge is -2.43. The minimum atomic E-state index is 0.196. The van der Waals surface area contributed by atoms with E-state index in [1.165, 1.54) is 24.8 Å². The standard InChI is InChI=1S/C17H27NO/c1-16(2,3)18-13-17(10-7-11-17)14-19-12-15-8-5-4-6-9-15/h4-6,8-9,18H,7,10-14H2,1-3H3. The molecule has 0 unspecified atom stereocenters. The predicted octanol–water partition coefficient (Wildman–Crippen LogP) is 3.76. The first-order chi connectivity index (χ1) is 8.99. The summed E-state index contributed by atoms with van der Waals surface area (Å²) in [5.41, 5.74) is 1.84. The summed E-state index contributed by atoms with van der Waals surface area (Å²) in [6.45, 7) is 9.37. The summed E-state index contributed by atoms with van der Waals surface area (Å²) >= 11 is 0. The van der Waals surface area contributed by atoms with E-state index in [1.807, 2.05) is 6.07 Å². The Kier molecular flexibility index (Phi) is 4.64. The fraction of sp³-hybridized carbons (Fsp3) is 0.647. The quantitative estimate of drug-likeness (QED) is 0.842. The molecule has 2 heteroatoms. The van der Waals surface area contributed by atoms with E-state index in [9.17, 15) is 0 Å². The molecule has 2 nitrogen and oxygen atoms in total. The summed E-state index contributed by atoms with van der Waals surface area (Å²) in [7, 11) is 0. The molecule has 1 aromatic rings. The third-order valence-corrected chi connectivity index (χ3v) is 3.93. The molecule has 0 aliphatic heterocycles. The van der Waals surface area contributed by atoms with Crippen molar-refractivity contribution in [2.24, 2.45) is 5.41 Å². The van der Waals surface area contributed by atoms with Gasteiger partial charge in [0.05, 0.1) is 13.2 Å². The molecule has 0 radical (unpaired) electrons. The number of rotatable bonds is 6. The first-order valence-electron chi connectivity index (χ1n) is 7.36. The van der Waals surface area contributed by atoms with E-state index in [0.717, 1.165) is 19.8 Å². The van der Waals surface area contributed by atoms with Gasteiger partial charge in [-0.2, -0.15) is 0 Å². The molecule has 1 aliphatic rings. The predicted molar refractivity (Wildman–Crippen MR) is 80.1 cm³/mol. The molecule has 1 aliphatic carbocycles. The Morgan fingerprint density at radius 2 is 1.84 bits per heavy atom. The Bertz CT molecular complexity index is 376. The fourth-order valence-corrected chi connectivity index (χ4v) is 2.46. The van der Waals surface area contributed by atoms with E-state index >= 15 is 0 Å². The van der Waals surface area contributed by atoms with Crippen LogP contribution < -0.4 is 5.32 Å². The highest BCUT2D eigenvalue weighted by Crippen LogP contribution is 2.41. The Morgan fingerprint density at radius 1 is 1.16 bits per heavy atom. The summed E-state index contributed by atoms with van der Waals surface area (Å²) in [5.74, 6) is 0. The lowest BCUT2D eigenvalue weighted by atomic mass is 9.69. The summed E-state index contributed by atoms with van der Waals surface area (Å²) in [4.78, 5) is 0. The normalized spacial score (nSPS) is 18.1. The molecule has 0 amide bonds. The maximum absolute atomic E-state index is 5.95. The van der Waals surface area contributed by atoms with Crippen molar-refractivity contribution in [3.63, 3.8) is 0 Å². The molecule has 19 heavy (non-hydrogen) atoms. The first kappa shape index (κ1) is 14.5. The van der Waals surface area contributed by atoms with Crippen molar-refractivity contribution in [3.05, 3.63) is 35.9 Å². The van der Waals surface area contributed by atoms with Gasteiger partial charge in [-0.1, -0.05) is 36.8 Å². The largest absolute Gasteiger partial charge is 0.376 e. The molecule has 1 fully saturated rings. The van der Waals surface area contributed by atoms with Crippen LogP contribution in [0.1, 0.15) is 45.6 Å². The summed E-state index contributed by atoms with van der Waals surface area (Å²) in [5, 5.41) is 3.63. The van der Waals surface area contributed by atoms with Crippen molar-refractivity contribution >= 4 is 0 Å². The van der Waals surface area contributed by atoms with E-state index in [-0.39, 0.29) is 5.54 Å². The molecule has 1 aromatic carbocycles. The van der Waals surface area contributed by atoms with Crippen molar-refractivity contribution in [2.45, 2.75) is 52.2 Å². The van der Waals surface area contributed by atoms with Gasteiger partial charge in [0.1, 0.15) is 0 Å². The lowest BCUT2D eigenvalue weighted by molar-refractivity contribution is -0.0161. The third kappa shape index (κ3) is 4.63. The monoisotopic (exact) mass is 261 g/mol. The summed E-state index contributed by atoms with van der Waals surface area (Å²) in [6, 6.07) is 10.4. The zero-order valence-electron chi connectivity index (χ0n) is 12.5. The molecule has 2 rings (SSSR count). The van der Waals surface area contributed by atoms with Crippen LogP contribution in [0.3, 0.4) is 0 Å². The molecule has 1 N–H and O–H groups in total. The Balaban J connectivity index is 1.76. The maximum Gasteiger partial charge on any atom is 0.0717 e. The average molecular weight is 261 g/mol. The smallest absolute Gasteiger partial charge is 0.0717 e. The number of hydrogen-bond acceptors (Lipinski definition) is 2. The summed E-state index contributed by atoms with van der Waals surface area (Å²) in [6.07, 6.45) is 3.94. The van der Waals surface area contributed by atoms with E-state index in [1.54, 1.807) is 0 Å². The third-order valence-electron chi connectivity index (χ3n) is 3.93. The minimum Gasteiger partial charge on any atom is -0.376 e. The second-order valence-electron chi connectivity index (χ2n) is 6.94. The molecule has 0 bridgehead atoms. The van der Waals surface area contributed by atoms with Crippen molar-refractivity contribution in [1.29, 1.82) is 0 Å². The van der Waals surface area contributed by atoms with Crippen LogP contribution in [0.2, 0.25) is 0 Å². The van der Waals surface area contributed by atoms with Crippen molar-refractivity contribution in [2.75, 3.05) is 13.2 Å². The zero-order valence-corrected chi connectivity index (χ0v) is 12.5. The van der Waals surface area contributed by atoms with Crippen molar-refractivity contribution < 1.29 is 4.74 Å². The van der Waals surface area contributed by atoms with Gasteiger partial charge < -0.3 is 10.1 Å². The van der Waals surface area contributed by atoms with E-state index < -0.39 is 0 Å². The molecule has 1 saturated carbocycles. The van der Waals surface area contributed by atoms with Crippen LogP contribution in [-0.2, 0) is 11.3 Å². The summed E-state index contributed by atoms with van der Waals surface area (Å²) < 4.78 is 5.95. The fourth-order valence-electron chi connectivity index (χ4n) is 2.46. The molecular weight excluding hydrogens is 234 g/mol. The average Bonchev–Trinajstić information content (AvgIpc) is 2.31. The van der Waals surface area contributed by atoms with Gasteiger partial charge >= 0.3 is 0 Å². The second kappa shape index (κ2) is 6.06.